The predicted molar refractivity (Wildman–Crippen MR) is 129 cm³/mol. The van der Waals surface area contributed by atoms with Crippen molar-refractivity contribution in [2.45, 2.75) is 12.5 Å². The average molecular weight is 484 g/mol. The zero-order valence-corrected chi connectivity index (χ0v) is 19.5. The highest BCUT2D eigenvalue weighted by Crippen LogP contribution is 2.42. The number of rotatable bonds is 7. The molecule has 0 radical (unpaired) electrons. The summed E-state index contributed by atoms with van der Waals surface area (Å²) in [6.07, 6.45) is 4.02. The number of aromatic nitrogens is 2. The Balaban J connectivity index is 1.55. The summed E-state index contributed by atoms with van der Waals surface area (Å²) in [6.45, 7) is 3.18. The lowest BCUT2D eigenvalue weighted by atomic mass is 10.0. The smallest absolute Gasteiger partial charge is 0.255 e. The largest absolute Gasteiger partial charge is 0.493 e. The number of hydrogen-bond acceptors (Lipinski definition) is 7. The van der Waals surface area contributed by atoms with Gasteiger partial charge in [0, 0.05) is 43.5 Å². The maximum atomic E-state index is 12.9. The van der Waals surface area contributed by atoms with Crippen LogP contribution >= 0.6 is 11.6 Å². The first-order chi connectivity index (χ1) is 16.7. The van der Waals surface area contributed by atoms with E-state index in [9.17, 15) is 4.79 Å². The van der Waals surface area contributed by atoms with Gasteiger partial charge in [0.25, 0.3) is 5.91 Å². The second-order valence-electron chi connectivity index (χ2n) is 8.06. The van der Waals surface area contributed by atoms with Gasteiger partial charge in [-0.15, -0.1) is 0 Å². The quantitative estimate of drug-likeness (QED) is 0.408. The maximum absolute atomic E-state index is 12.9. The number of para-hydroxylation sites is 1. The number of aromatic amines is 1. The van der Waals surface area contributed by atoms with Crippen molar-refractivity contribution in [3.05, 3.63) is 52.9 Å². The molecule has 2 aromatic heterocycles. The number of anilines is 2. The number of halogens is 1. The van der Waals surface area contributed by atoms with E-state index in [0.29, 0.717) is 59.6 Å². The van der Waals surface area contributed by atoms with E-state index in [1.807, 2.05) is 18.2 Å². The van der Waals surface area contributed by atoms with Crippen LogP contribution in [0.15, 0.2) is 36.7 Å². The standard InChI is InChI=1S/C24H26ClN5O4/c1-32-23-16(25)3-2-4-18(23)30-22-20-17(6-8-28-24(20)31)29-21(22)15-5-7-26-12-19(15)34-13-14-11-27-9-10-33-14/h2-5,7,12,14,27,29-30H,6,8-11,13H2,1H3,(H,28,31)/t14-/m0/s1. The third kappa shape index (κ3) is 4.42. The molecule has 0 bridgehead atoms. The Bertz CT molecular complexity index is 1190. The molecule has 1 fully saturated rings. The third-order valence-electron chi connectivity index (χ3n) is 5.88. The third-order valence-corrected chi connectivity index (χ3v) is 6.18. The van der Waals surface area contributed by atoms with Crippen LogP contribution in [0.1, 0.15) is 16.1 Å². The maximum Gasteiger partial charge on any atom is 0.255 e. The SMILES string of the molecule is COc1c(Cl)cccc1Nc1c(-c2ccncc2OC[C@@H]2CNCCO2)[nH]c2c1C(=O)NCC2. The van der Waals surface area contributed by atoms with Crippen molar-refractivity contribution in [3.63, 3.8) is 0 Å². The van der Waals surface area contributed by atoms with Crippen LogP contribution in [0.3, 0.4) is 0 Å². The topological polar surface area (TPSA) is 110 Å². The Hall–Kier alpha value is -3.27. The van der Waals surface area contributed by atoms with Gasteiger partial charge in [-0.25, -0.2) is 0 Å². The Morgan fingerprint density at radius 1 is 1.29 bits per heavy atom. The summed E-state index contributed by atoms with van der Waals surface area (Å²) in [5.74, 6) is 0.941. The minimum absolute atomic E-state index is 0.0438. The molecule has 178 valence electrons. The lowest BCUT2D eigenvalue weighted by Gasteiger charge is -2.24. The molecule has 34 heavy (non-hydrogen) atoms. The normalized spacial score (nSPS) is 17.6. The van der Waals surface area contributed by atoms with Gasteiger partial charge >= 0.3 is 0 Å². The van der Waals surface area contributed by atoms with E-state index >= 15 is 0 Å². The van der Waals surface area contributed by atoms with E-state index in [1.54, 1.807) is 25.6 Å². The first-order valence-corrected chi connectivity index (χ1v) is 11.6. The number of amides is 1. The summed E-state index contributed by atoms with van der Waals surface area (Å²) >= 11 is 6.34. The number of H-pyrrole nitrogens is 1. The molecule has 1 saturated heterocycles. The molecule has 0 aliphatic carbocycles. The summed E-state index contributed by atoms with van der Waals surface area (Å²) < 4.78 is 17.4. The van der Waals surface area contributed by atoms with Gasteiger partial charge in [0.15, 0.2) is 5.75 Å². The van der Waals surface area contributed by atoms with Crippen LogP contribution in [-0.4, -0.2) is 61.9 Å². The van der Waals surface area contributed by atoms with Gasteiger partial charge in [0.05, 0.1) is 47.6 Å². The number of hydrogen-bond donors (Lipinski definition) is 4. The molecule has 4 heterocycles. The number of pyridine rings is 1. The molecule has 3 aromatic rings. The minimum Gasteiger partial charge on any atom is -0.493 e. The fraction of sp³-hybridized carbons (Fsp3) is 0.333. The highest BCUT2D eigenvalue weighted by atomic mass is 35.5. The van der Waals surface area contributed by atoms with E-state index in [4.69, 9.17) is 25.8 Å². The first kappa shape index (κ1) is 22.5. The van der Waals surface area contributed by atoms with Crippen LogP contribution in [0.25, 0.3) is 11.3 Å². The number of nitrogens with zero attached hydrogens (tertiary/aromatic N) is 1. The van der Waals surface area contributed by atoms with E-state index < -0.39 is 0 Å². The van der Waals surface area contributed by atoms with Crippen molar-refractivity contribution in [1.29, 1.82) is 0 Å². The molecule has 2 aliphatic rings. The molecular weight excluding hydrogens is 458 g/mol. The number of carbonyl (C=O) groups excluding carboxylic acids is 1. The average Bonchev–Trinajstić information content (AvgIpc) is 3.23. The summed E-state index contributed by atoms with van der Waals surface area (Å²) in [7, 11) is 1.56. The molecule has 5 rings (SSSR count). The highest BCUT2D eigenvalue weighted by Gasteiger charge is 2.29. The number of fused-ring (bicyclic) bond motifs is 1. The Kier molecular flexibility index (Phi) is 6.57. The monoisotopic (exact) mass is 483 g/mol. The first-order valence-electron chi connectivity index (χ1n) is 11.2. The molecule has 1 atom stereocenters. The van der Waals surface area contributed by atoms with Crippen LogP contribution in [0, 0.1) is 0 Å². The van der Waals surface area contributed by atoms with Gasteiger partial charge in [-0.05, 0) is 18.2 Å². The van der Waals surface area contributed by atoms with Crippen LogP contribution in [0.2, 0.25) is 5.02 Å². The van der Waals surface area contributed by atoms with Gasteiger partial charge < -0.3 is 35.1 Å². The highest BCUT2D eigenvalue weighted by molar-refractivity contribution is 6.32. The molecule has 1 aromatic carbocycles. The summed E-state index contributed by atoms with van der Waals surface area (Å²) in [4.78, 5) is 20.6. The van der Waals surface area contributed by atoms with Crippen molar-refractivity contribution < 1.29 is 19.0 Å². The zero-order chi connectivity index (χ0) is 23.5. The van der Waals surface area contributed by atoms with Gasteiger partial charge in [-0.2, -0.15) is 0 Å². The summed E-state index contributed by atoms with van der Waals surface area (Å²) in [5.41, 5.74) is 4.19. The van der Waals surface area contributed by atoms with Crippen molar-refractivity contribution in [1.82, 2.24) is 20.6 Å². The Morgan fingerprint density at radius 2 is 2.21 bits per heavy atom. The lowest BCUT2D eigenvalue weighted by molar-refractivity contribution is 0.000245. The van der Waals surface area contributed by atoms with Crippen LogP contribution in [0.5, 0.6) is 11.5 Å². The molecular formula is C24H26ClN5O4. The van der Waals surface area contributed by atoms with E-state index in [1.165, 1.54) is 0 Å². The number of nitrogens with one attached hydrogen (secondary N) is 4. The molecule has 0 spiro atoms. The number of ether oxygens (including phenoxy) is 3. The number of morpholine rings is 1. The van der Waals surface area contributed by atoms with Gasteiger partial charge in [-0.1, -0.05) is 17.7 Å². The molecule has 2 aliphatic heterocycles. The van der Waals surface area contributed by atoms with Gasteiger partial charge in [-0.3, -0.25) is 9.78 Å². The Labute approximate surface area is 202 Å². The molecule has 9 nitrogen and oxygen atoms in total. The minimum atomic E-state index is -0.148. The number of methoxy groups -OCH3 is 1. The summed E-state index contributed by atoms with van der Waals surface area (Å²) in [5, 5.41) is 10.1. The van der Waals surface area contributed by atoms with Crippen molar-refractivity contribution in [2.24, 2.45) is 0 Å². The molecule has 10 heteroatoms. The Morgan fingerprint density at radius 3 is 3.03 bits per heavy atom. The fourth-order valence-corrected chi connectivity index (χ4v) is 4.52. The summed E-state index contributed by atoms with van der Waals surface area (Å²) in [6, 6.07) is 7.30. The van der Waals surface area contributed by atoms with Gasteiger partial charge in [0.1, 0.15) is 18.5 Å². The second-order valence-corrected chi connectivity index (χ2v) is 8.47. The van der Waals surface area contributed by atoms with Crippen LogP contribution in [-0.2, 0) is 11.2 Å². The van der Waals surface area contributed by atoms with E-state index in [2.05, 4.69) is 25.9 Å². The number of carbonyl (C=O) groups is 1. The zero-order valence-electron chi connectivity index (χ0n) is 18.7. The lowest BCUT2D eigenvalue weighted by Crippen LogP contribution is -2.41. The molecule has 1 amide bonds. The molecule has 4 N–H and O–H groups in total. The van der Waals surface area contributed by atoms with Gasteiger partial charge in [0.2, 0.25) is 0 Å². The molecule has 0 saturated carbocycles. The predicted octanol–water partition coefficient (Wildman–Crippen LogP) is 3.14. The van der Waals surface area contributed by atoms with Crippen molar-refractivity contribution in [2.75, 3.05) is 45.3 Å². The fourth-order valence-electron chi connectivity index (χ4n) is 4.27. The van der Waals surface area contributed by atoms with Crippen molar-refractivity contribution in [3.8, 4) is 22.8 Å². The van der Waals surface area contributed by atoms with Crippen LogP contribution in [0.4, 0.5) is 11.4 Å². The van der Waals surface area contributed by atoms with Crippen LogP contribution < -0.4 is 25.4 Å². The molecule has 0 unspecified atom stereocenters. The second kappa shape index (κ2) is 9.92. The van der Waals surface area contributed by atoms with Crippen molar-refractivity contribution >= 4 is 28.9 Å². The van der Waals surface area contributed by atoms with E-state index in [0.717, 1.165) is 30.0 Å². The van der Waals surface area contributed by atoms with E-state index in [-0.39, 0.29) is 12.0 Å². The number of benzene rings is 1.